The summed E-state index contributed by atoms with van der Waals surface area (Å²) >= 11 is 0. The summed E-state index contributed by atoms with van der Waals surface area (Å²) in [4.78, 5) is 2.55. The van der Waals surface area contributed by atoms with E-state index >= 15 is 0 Å². The van der Waals surface area contributed by atoms with Crippen LogP contribution in [0.2, 0.25) is 0 Å². The first-order valence-electron chi connectivity index (χ1n) is 10.0. The van der Waals surface area contributed by atoms with Crippen LogP contribution in [0.15, 0.2) is 24.3 Å². The average Bonchev–Trinajstić information content (AvgIpc) is 3.42. The van der Waals surface area contributed by atoms with E-state index in [1.165, 1.54) is 24.0 Å². The fourth-order valence-corrected chi connectivity index (χ4v) is 6.13. The van der Waals surface area contributed by atoms with E-state index in [-0.39, 0.29) is 11.8 Å². The molecule has 26 heavy (non-hydrogen) atoms. The van der Waals surface area contributed by atoms with Crippen molar-refractivity contribution in [3.05, 3.63) is 35.4 Å². The van der Waals surface area contributed by atoms with Crippen LogP contribution < -0.4 is 4.74 Å². The second-order valence-corrected chi connectivity index (χ2v) is 8.99. The third kappa shape index (κ3) is 2.09. The van der Waals surface area contributed by atoms with E-state index in [0.29, 0.717) is 5.75 Å². The van der Waals surface area contributed by atoms with Gasteiger partial charge in [-0.1, -0.05) is 18.2 Å². The lowest BCUT2D eigenvalue weighted by Gasteiger charge is -2.64. The van der Waals surface area contributed by atoms with Gasteiger partial charge in [0, 0.05) is 23.6 Å². The largest absolute Gasteiger partial charge is 0.504 e. The van der Waals surface area contributed by atoms with Gasteiger partial charge in [0.25, 0.3) is 0 Å². The molecule has 2 saturated carbocycles. The SMILES string of the molecule is C=C1CC[C@@]2(O)C3Cc4ccc(OC)c(O)c4C2(CCN3CC2CC2)C1. The Bertz CT molecular complexity index is 771. The Hall–Kier alpha value is -1.52. The van der Waals surface area contributed by atoms with Crippen molar-refractivity contribution in [3.8, 4) is 11.5 Å². The molecule has 0 spiro atoms. The normalized spacial score (nSPS) is 36.4. The number of hydrogen-bond donors (Lipinski definition) is 2. The van der Waals surface area contributed by atoms with Crippen molar-refractivity contribution in [3.63, 3.8) is 0 Å². The summed E-state index contributed by atoms with van der Waals surface area (Å²) in [6, 6.07) is 4.11. The smallest absolute Gasteiger partial charge is 0.161 e. The van der Waals surface area contributed by atoms with E-state index in [1.807, 2.05) is 6.07 Å². The van der Waals surface area contributed by atoms with E-state index in [9.17, 15) is 10.2 Å². The van der Waals surface area contributed by atoms with Crippen LogP contribution in [0.25, 0.3) is 0 Å². The summed E-state index contributed by atoms with van der Waals surface area (Å²) in [5.41, 5.74) is 2.08. The number of allylic oxidation sites excluding steroid dienone is 1. The van der Waals surface area contributed by atoms with Crippen molar-refractivity contribution >= 4 is 0 Å². The Balaban J connectivity index is 1.68. The molecule has 0 aromatic heterocycles. The lowest BCUT2D eigenvalue weighted by Crippen LogP contribution is -2.72. The minimum absolute atomic E-state index is 0.144. The minimum Gasteiger partial charge on any atom is -0.504 e. The summed E-state index contributed by atoms with van der Waals surface area (Å²) in [5, 5.41) is 23.1. The number of aromatic hydroxyl groups is 1. The van der Waals surface area contributed by atoms with Crippen LogP contribution in [0.5, 0.6) is 11.5 Å². The Morgan fingerprint density at radius 3 is 2.85 bits per heavy atom. The van der Waals surface area contributed by atoms with Crippen molar-refractivity contribution < 1.29 is 14.9 Å². The van der Waals surface area contributed by atoms with Gasteiger partial charge in [0.1, 0.15) is 0 Å². The van der Waals surface area contributed by atoms with Crippen LogP contribution in [0, 0.1) is 5.92 Å². The molecule has 140 valence electrons. The molecule has 3 fully saturated rings. The van der Waals surface area contributed by atoms with E-state index in [1.54, 1.807) is 7.11 Å². The fourth-order valence-electron chi connectivity index (χ4n) is 6.13. The van der Waals surface area contributed by atoms with Gasteiger partial charge in [-0.2, -0.15) is 0 Å². The van der Waals surface area contributed by atoms with Gasteiger partial charge in [-0.15, -0.1) is 0 Å². The molecule has 4 aliphatic rings. The number of likely N-dealkylation sites (tertiary alicyclic amines) is 1. The number of phenols is 1. The van der Waals surface area contributed by atoms with E-state index in [2.05, 4.69) is 17.5 Å². The maximum atomic E-state index is 12.1. The van der Waals surface area contributed by atoms with Gasteiger partial charge in [0.2, 0.25) is 0 Å². The molecule has 1 heterocycles. The zero-order chi connectivity index (χ0) is 18.1. The zero-order valence-corrected chi connectivity index (χ0v) is 15.6. The molecule has 5 rings (SSSR count). The fraction of sp³-hybridized carbons (Fsp3) is 0.636. The van der Waals surface area contributed by atoms with Gasteiger partial charge in [-0.3, -0.25) is 4.90 Å². The summed E-state index contributed by atoms with van der Waals surface area (Å²) in [7, 11) is 1.59. The highest BCUT2D eigenvalue weighted by molar-refractivity contribution is 5.58. The predicted octanol–water partition coefficient (Wildman–Crippen LogP) is 3.15. The van der Waals surface area contributed by atoms with Crippen LogP contribution in [0.1, 0.15) is 49.7 Å². The third-order valence-corrected chi connectivity index (χ3v) is 7.59. The van der Waals surface area contributed by atoms with Gasteiger partial charge in [-0.25, -0.2) is 0 Å². The van der Waals surface area contributed by atoms with Crippen molar-refractivity contribution in [1.29, 1.82) is 0 Å². The van der Waals surface area contributed by atoms with E-state index in [4.69, 9.17) is 4.74 Å². The molecular formula is C22H29NO3. The third-order valence-electron chi connectivity index (χ3n) is 7.59. The number of ether oxygens (including phenoxy) is 1. The molecule has 1 aromatic rings. The minimum atomic E-state index is -0.793. The highest BCUT2D eigenvalue weighted by atomic mass is 16.5. The van der Waals surface area contributed by atoms with Crippen molar-refractivity contribution in [2.24, 2.45) is 5.92 Å². The molecule has 1 aliphatic heterocycles. The second kappa shape index (κ2) is 5.49. The Morgan fingerprint density at radius 1 is 1.31 bits per heavy atom. The Morgan fingerprint density at radius 2 is 2.12 bits per heavy atom. The van der Waals surface area contributed by atoms with Crippen molar-refractivity contribution in [2.45, 2.75) is 62.0 Å². The van der Waals surface area contributed by atoms with Crippen molar-refractivity contribution in [2.75, 3.05) is 20.2 Å². The van der Waals surface area contributed by atoms with Gasteiger partial charge in [-0.05, 0) is 69.0 Å². The molecule has 2 bridgehead atoms. The highest BCUT2D eigenvalue weighted by Crippen LogP contribution is 2.62. The molecule has 0 amide bonds. The maximum Gasteiger partial charge on any atom is 0.161 e. The van der Waals surface area contributed by atoms with Gasteiger partial charge >= 0.3 is 0 Å². The summed E-state index contributed by atoms with van der Waals surface area (Å²) in [5.74, 6) is 1.55. The monoisotopic (exact) mass is 355 g/mol. The number of fused-ring (bicyclic) bond motifs is 1. The maximum absolute atomic E-state index is 12.1. The lowest BCUT2D eigenvalue weighted by atomic mass is 9.48. The number of rotatable bonds is 3. The molecule has 1 aromatic carbocycles. The van der Waals surface area contributed by atoms with Crippen molar-refractivity contribution in [1.82, 2.24) is 4.90 Å². The molecule has 4 heteroatoms. The first-order chi connectivity index (χ1) is 12.5. The molecular weight excluding hydrogens is 326 g/mol. The molecule has 3 aliphatic carbocycles. The lowest BCUT2D eigenvalue weighted by molar-refractivity contribution is -0.159. The quantitative estimate of drug-likeness (QED) is 0.818. The van der Waals surface area contributed by atoms with Crippen LogP contribution in [-0.2, 0) is 11.8 Å². The molecule has 4 nitrogen and oxygen atoms in total. The standard InChI is InChI=1S/C22H29NO3/c1-14-7-8-22(25)18-11-16-5-6-17(26-2)20(24)19(16)21(22,12-14)9-10-23(18)13-15-3-4-15/h5-6,15,18,24-25H,1,3-4,7-13H2,2H3/t18?,21?,22-/m1/s1. The summed E-state index contributed by atoms with van der Waals surface area (Å²) < 4.78 is 5.40. The molecule has 2 unspecified atom stereocenters. The Labute approximate surface area is 155 Å². The van der Waals surface area contributed by atoms with E-state index in [0.717, 1.165) is 56.7 Å². The van der Waals surface area contributed by atoms with Gasteiger partial charge in [0.05, 0.1) is 12.7 Å². The van der Waals surface area contributed by atoms with Crippen LogP contribution >= 0.6 is 0 Å². The number of benzene rings is 1. The number of aliphatic hydroxyl groups is 1. The predicted molar refractivity (Wildman–Crippen MR) is 101 cm³/mol. The van der Waals surface area contributed by atoms with Crippen LogP contribution in [0.4, 0.5) is 0 Å². The topological polar surface area (TPSA) is 52.9 Å². The molecule has 0 radical (unpaired) electrons. The number of hydrogen-bond acceptors (Lipinski definition) is 4. The Kier molecular flexibility index (Phi) is 3.51. The zero-order valence-electron chi connectivity index (χ0n) is 15.6. The second-order valence-electron chi connectivity index (χ2n) is 8.99. The number of piperidine rings is 1. The number of phenolic OH excluding ortho intramolecular Hbond substituents is 1. The number of nitrogens with zero attached hydrogens (tertiary/aromatic N) is 1. The number of methoxy groups -OCH3 is 1. The highest BCUT2D eigenvalue weighted by Gasteiger charge is 2.64. The van der Waals surface area contributed by atoms with Gasteiger partial charge in [0.15, 0.2) is 11.5 Å². The van der Waals surface area contributed by atoms with Crippen LogP contribution in [0.3, 0.4) is 0 Å². The average molecular weight is 355 g/mol. The molecule has 1 saturated heterocycles. The molecule has 3 atom stereocenters. The summed E-state index contributed by atoms with van der Waals surface area (Å²) in [6.45, 7) is 6.37. The van der Waals surface area contributed by atoms with Gasteiger partial charge < -0.3 is 14.9 Å². The summed E-state index contributed by atoms with van der Waals surface area (Å²) in [6.07, 6.45) is 6.74. The first kappa shape index (κ1) is 16.6. The molecule has 2 N–H and O–H groups in total. The first-order valence-corrected chi connectivity index (χ1v) is 10.0. The van der Waals surface area contributed by atoms with Crippen LogP contribution in [-0.4, -0.2) is 47.0 Å². The van der Waals surface area contributed by atoms with E-state index < -0.39 is 11.0 Å².